The molecule has 7 heteroatoms. The first-order valence-corrected chi connectivity index (χ1v) is 8.82. The Morgan fingerprint density at radius 3 is 2.59 bits per heavy atom. The van der Waals surface area contributed by atoms with Crippen molar-refractivity contribution < 1.29 is 17.6 Å². The van der Waals surface area contributed by atoms with E-state index in [1.165, 1.54) is 12.1 Å². The van der Waals surface area contributed by atoms with E-state index in [0.29, 0.717) is 11.6 Å². The van der Waals surface area contributed by atoms with Crippen LogP contribution in [0.3, 0.4) is 0 Å². The Kier molecular flexibility index (Phi) is 5.39. The summed E-state index contributed by atoms with van der Waals surface area (Å²) in [5.41, 5.74) is 1.37. The predicted molar refractivity (Wildman–Crippen MR) is 96.1 cm³/mol. The van der Waals surface area contributed by atoms with E-state index < -0.39 is 17.7 Å². The Labute approximate surface area is 155 Å². The summed E-state index contributed by atoms with van der Waals surface area (Å²) in [6.07, 6.45) is 0.410. The van der Waals surface area contributed by atoms with Gasteiger partial charge < -0.3 is 10.6 Å². The van der Waals surface area contributed by atoms with E-state index in [2.05, 4.69) is 22.5 Å². The second kappa shape index (κ2) is 7.58. The molecule has 1 aromatic carbocycles. The lowest BCUT2D eigenvalue weighted by Crippen LogP contribution is -2.20. The number of aromatic nitrogens is 1. The molecule has 0 spiro atoms. The van der Waals surface area contributed by atoms with Crippen molar-refractivity contribution in [1.82, 2.24) is 15.6 Å². The lowest BCUT2D eigenvalue weighted by molar-refractivity contribution is -0.141. The highest BCUT2D eigenvalue weighted by molar-refractivity contribution is 5.63. The molecular formula is C20H21F4N3. The molecule has 1 aromatic heterocycles. The fourth-order valence-corrected chi connectivity index (χ4v) is 3.08. The maximum Gasteiger partial charge on any atom is 0.433 e. The van der Waals surface area contributed by atoms with E-state index in [4.69, 9.17) is 0 Å². The van der Waals surface area contributed by atoms with Gasteiger partial charge in [-0.25, -0.2) is 4.39 Å². The quantitative estimate of drug-likeness (QED) is 0.704. The smallest absolute Gasteiger partial charge is 0.386 e. The van der Waals surface area contributed by atoms with Crippen molar-refractivity contribution in [2.24, 2.45) is 0 Å². The molecule has 2 heterocycles. The molecule has 0 amide bonds. The van der Waals surface area contributed by atoms with Crippen LogP contribution >= 0.6 is 0 Å². The first-order valence-electron chi connectivity index (χ1n) is 8.82. The van der Waals surface area contributed by atoms with Gasteiger partial charge in [0.05, 0.1) is 0 Å². The van der Waals surface area contributed by atoms with Gasteiger partial charge in [0, 0.05) is 47.7 Å². The van der Waals surface area contributed by atoms with Crippen molar-refractivity contribution in [3.8, 4) is 11.1 Å². The van der Waals surface area contributed by atoms with Gasteiger partial charge in [-0.1, -0.05) is 25.1 Å². The van der Waals surface area contributed by atoms with Gasteiger partial charge in [-0.3, -0.25) is 4.98 Å². The molecule has 2 aromatic rings. The topological polar surface area (TPSA) is 37.0 Å². The molecule has 27 heavy (non-hydrogen) atoms. The molecule has 1 aliphatic rings. The van der Waals surface area contributed by atoms with Gasteiger partial charge in [-0.15, -0.1) is 0 Å². The van der Waals surface area contributed by atoms with Crippen LogP contribution in [0.2, 0.25) is 0 Å². The molecule has 0 radical (unpaired) electrons. The fraction of sp³-hybridized carbons (Fsp3) is 0.350. The molecule has 0 saturated carbocycles. The molecule has 2 N–H and O–H groups in total. The Bertz CT molecular complexity index is 828. The van der Waals surface area contributed by atoms with Crippen molar-refractivity contribution in [3.63, 3.8) is 0 Å². The SMILES string of the molecule is CC[C@H]1CC(NC(C)c2ccc(-c3ccc(C(F)(F)F)nc3)c(F)c2)=CN1. The zero-order valence-corrected chi connectivity index (χ0v) is 15.1. The molecule has 0 fully saturated rings. The minimum atomic E-state index is -4.51. The Hall–Kier alpha value is -2.57. The van der Waals surface area contributed by atoms with Crippen LogP contribution in [-0.2, 0) is 6.18 Å². The number of pyridine rings is 1. The van der Waals surface area contributed by atoms with E-state index in [-0.39, 0.29) is 11.6 Å². The van der Waals surface area contributed by atoms with Gasteiger partial charge in [0.2, 0.25) is 0 Å². The third-order valence-electron chi connectivity index (χ3n) is 4.71. The highest BCUT2D eigenvalue weighted by atomic mass is 19.4. The Balaban J connectivity index is 1.74. The fourth-order valence-electron chi connectivity index (χ4n) is 3.08. The Morgan fingerprint density at radius 1 is 1.26 bits per heavy atom. The van der Waals surface area contributed by atoms with E-state index in [9.17, 15) is 17.6 Å². The van der Waals surface area contributed by atoms with Crippen LogP contribution in [0, 0.1) is 5.82 Å². The number of hydrogen-bond acceptors (Lipinski definition) is 3. The number of nitrogens with one attached hydrogen (secondary N) is 2. The molecule has 1 unspecified atom stereocenters. The normalized spacial score (nSPS) is 18.0. The molecule has 0 bridgehead atoms. The van der Waals surface area contributed by atoms with Crippen molar-refractivity contribution in [2.45, 2.75) is 44.9 Å². The van der Waals surface area contributed by atoms with Gasteiger partial charge in [0.15, 0.2) is 0 Å². The van der Waals surface area contributed by atoms with E-state index in [1.54, 1.807) is 12.1 Å². The molecule has 1 aliphatic heterocycles. The third-order valence-corrected chi connectivity index (χ3v) is 4.71. The zero-order valence-electron chi connectivity index (χ0n) is 15.1. The highest BCUT2D eigenvalue weighted by Gasteiger charge is 2.32. The van der Waals surface area contributed by atoms with Crippen LogP contribution in [0.25, 0.3) is 11.1 Å². The van der Waals surface area contributed by atoms with Crippen molar-refractivity contribution in [1.29, 1.82) is 0 Å². The van der Waals surface area contributed by atoms with Gasteiger partial charge in [0.1, 0.15) is 11.5 Å². The van der Waals surface area contributed by atoms with Crippen LogP contribution < -0.4 is 10.6 Å². The van der Waals surface area contributed by atoms with Crippen molar-refractivity contribution in [2.75, 3.05) is 0 Å². The maximum atomic E-state index is 14.6. The summed E-state index contributed by atoms with van der Waals surface area (Å²) in [5, 5.41) is 6.65. The first-order chi connectivity index (χ1) is 12.8. The van der Waals surface area contributed by atoms with E-state index in [0.717, 1.165) is 36.4 Å². The van der Waals surface area contributed by atoms with E-state index in [1.807, 2.05) is 13.1 Å². The van der Waals surface area contributed by atoms with Crippen LogP contribution in [-0.4, -0.2) is 11.0 Å². The molecule has 0 aliphatic carbocycles. The van der Waals surface area contributed by atoms with Gasteiger partial charge in [-0.05, 0) is 31.0 Å². The summed E-state index contributed by atoms with van der Waals surface area (Å²) in [6.45, 7) is 4.05. The average molecular weight is 379 g/mol. The minimum absolute atomic E-state index is 0.0945. The van der Waals surface area contributed by atoms with Crippen LogP contribution in [0.5, 0.6) is 0 Å². The predicted octanol–water partition coefficient (Wildman–Crippen LogP) is 5.17. The van der Waals surface area contributed by atoms with Crippen LogP contribution in [0.1, 0.15) is 44.0 Å². The molecule has 2 atom stereocenters. The first kappa shape index (κ1) is 19.2. The summed E-state index contributed by atoms with van der Waals surface area (Å²) >= 11 is 0. The number of benzene rings is 1. The van der Waals surface area contributed by atoms with Crippen LogP contribution in [0.4, 0.5) is 17.6 Å². The minimum Gasteiger partial charge on any atom is -0.386 e. The summed E-state index contributed by atoms with van der Waals surface area (Å²) in [5.74, 6) is -0.493. The average Bonchev–Trinajstić information content (AvgIpc) is 3.08. The number of nitrogens with zero attached hydrogens (tertiary/aromatic N) is 1. The van der Waals surface area contributed by atoms with Crippen LogP contribution in [0.15, 0.2) is 48.4 Å². The van der Waals surface area contributed by atoms with Crippen molar-refractivity contribution in [3.05, 3.63) is 65.5 Å². The molecule has 144 valence electrons. The second-order valence-corrected chi connectivity index (χ2v) is 6.68. The highest BCUT2D eigenvalue weighted by Crippen LogP contribution is 2.30. The van der Waals surface area contributed by atoms with Gasteiger partial charge >= 0.3 is 6.18 Å². The van der Waals surface area contributed by atoms with Gasteiger partial charge in [0.25, 0.3) is 0 Å². The number of halogens is 4. The Morgan fingerprint density at radius 2 is 2.04 bits per heavy atom. The summed E-state index contributed by atoms with van der Waals surface area (Å²) < 4.78 is 52.4. The zero-order chi connectivity index (χ0) is 19.6. The standard InChI is InChI=1S/C20H21F4N3/c1-3-15-9-16(11-25-15)27-12(2)13-4-6-17(18(21)8-13)14-5-7-19(26-10-14)20(22,23)24/h4-8,10-12,15,25,27H,3,9H2,1-2H3/t12?,15-/m0/s1. The molecule has 3 rings (SSSR count). The molecule has 0 saturated heterocycles. The number of rotatable bonds is 5. The lowest BCUT2D eigenvalue weighted by atomic mass is 10.0. The van der Waals surface area contributed by atoms with E-state index >= 15 is 0 Å². The molecule has 3 nitrogen and oxygen atoms in total. The number of hydrogen-bond donors (Lipinski definition) is 2. The largest absolute Gasteiger partial charge is 0.433 e. The third kappa shape index (κ3) is 4.40. The number of alkyl halides is 3. The maximum absolute atomic E-state index is 14.6. The monoisotopic (exact) mass is 379 g/mol. The summed E-state index contributed by atoms with van der Waals surface area (Å²) in [7, 11) is 0. The van der Waals surface area contributed by atoms with Crippen molar-refractivity contribution >= 4 is 0 Å². The summed E-state index contributed by atoms with van der Waals surface area (Å²) in [6, 6.07) is 7.17. The second-order valence-electron chi connectivity index (χ2n) is 6.68. The summed E-state index contributed by atoms with van der Waals surface area (Å²) in [4.78, 5) is 3.39. The molecular weight excluding hydrogens is 358 g/mol. The lowest BCUT2D eigenvalue weighted by Gasteiger charge is -2.18. The van der Waals surface area contributed by atoms with Gasteiger partial charge in [-0.2, -0.15) is 13.2 Å².